The van der Waals surface area contributed by atoms with Gasteiger partial charge in [0.1, 0.15) is 5.75 Å². The van der Waals surface area contributed by atoms with E-state index >= 15 is 0 Å². The van der Waals surface area contributed by atoms with Crippen LogP contribution in [0.1, 0.15) is 37.3 Å². The molecule has 28 heavy (non-hydrogen) atoms. The van der Waals surface area contributed by atoms with Crippen LogP contribution in [-0.2, 0) is 6.54 Å². The minimum atomic E-state index is 0.495. The molecule has 0 saturated carbocycles. The molecule has 0 bridgehead atoms. The van der Waals surface area contributed by atoms with Gasteiger partial charge in [-0.1, -0.05) is 31.9 Å². The third-order valence-corrected chi connectivity index (χ3v) is 5.38. The van der Waals surface area contributed by atoms with Crippen LogP contribution in [0.4, 0.5) is 0 Å². The summed E-state index contributed by atoms with van der Waals surface area (Å²) in [6.45, 7) is 9.99. The molecule has 1 heterocycles. The maximum absolute atomic E-state index is 6.05. The van der Waals surface area contributed by atoms with Crippen LogP contribution in [0.25, 0.3) is 0 Å². The van der Waals surface area contributed by atoms with Crippen molar-refractivity contribution >= 4 is 5.96 Å². The Labute approximate surface area is 171 Å². The average molecular weight is 390 g/mol. The lowest BCUT2D eigenvalue weighted by Crippen LogP contribution is -2.55. The first-order chi connectivity index (χ1) is 13.5. The van der Waals surface area contributed by atoms with E-state index in [2.05, 4.69) is 71.6 Å². The summed E-state index contributed by atoms with van der Waals surface area (Å²) in [5, 5.41) is 6.92. The summed E-state index contributed by atoms with van der Waals surface area (Å²) in [6, 6.07) is 6.91. The van der Waals surface area contributed by atoms with Crippen molar-refractivity contribution in [2.24, 2.45) is 4.99 Å². The van der Waals surface area contributed by atoms with Crippen molar-refractivity contribution in [2.75, 3.05) is 53.9 Å². The molecule has 1 unspecified atom stereocenters. The number of nitrogens with zero attached hydrogens (tertiary/aromatic N) is 3. The second kappa shape index (κ2) is 11.9. The van der Waals surface area contributed by atoms with Gasteiger partial charge in [0.2, 0.25) is 0 Å². The number of aryl methyl sites for hydroxylation is 1. The molecular weight excluding hydrogens is 350 g/mol. The third-order valence-electron chi connectivity index (χ3n) is 5.38. The van der Waals surface area contributed by atoms with E-state index in [1.54, 1.807) is 0 Å². The molecule has 0 aromatic heterocycles. The highest BCUT2D eigenvalue weighted by Gasteiger charge is 2.22. The molecule has 2 rings (SSSR count). The number of aliphatic imine (C=N–C) groups is 1. The fraction of sp³-hybridized carbons (Fsp3) is 0.682. The quantitative estimate of drug-likeness (QED) is 0.386. The molecule has 0 radical (unpaired) electrons. The van der Waals surface area contributed by atoms with Crippen molar-refractivity contribution < 1.29 is 4.74 Å². The Morgan fingerprint density at radius 3 is 2.79 bits per heavy atom. The van der Waals surface area contributed by atoms with E-state index in [0.29, 0.717) is 12.6 Å². The van der Waals surface area contributed by atoms with Gasteiger partial charge in [-0.15, -0.1) is 0 Å². The Morgan fingerprint density at radius 2 is 2.04 bits per heavy atom. The molecule has 1 aromatic rings. The Morgan fingerprint density at radius 1 is 1.21 bits per heavy atom. The average Bonchev–Trinajstić information content (AvgIpc) is 2.69. The van der Waals surface area contributed by atoms with E-state index in [4.69, 9.17) is 4.74 Å². The standard InChI is InChI=1S/C22H39N5O/c1-6-7-8-13-28-21-14-18(2)9-10-19(21)15-24-22(23-3)25-16-20-17-26(4)11-12-27(20)5/h9-10,14,20H,6-8,11-13,15-17H2,1-5H3,(H2,23,24,25). The number of likely N-dealkylation sites (N-methyl/N-ethyl adjacent to an activating group) is 2. The molecule has 1 aliphatic heterocycles. The van der Waals surface area contributed by atoms with Crippen molar-refractivity contribution in [3.8, 4) is 5.75 Å². The van der Waals surface area contributed by atoms with Crippen molar-refractivity contribution in [3.63, 3.8) is 0 Å². The number of rotatable bonds is 9. The van der Waals surface area contributed by atoms with E-state index in [9.17, 15) is 0 Å². The summed E-state index contributed by atoms with van der Waals surface area (Å²) < 4.78 is 6.05. The van der Waals surface area contributed by atoms with E-state index in [1.165, 1.54) is 24.0 Å². The van der Waals surface area contributed by atoms with Crippen LogP contribution in [-0.4, -0.2) is 75.7 Å². The van der Waals surface area contributed by atoms with E-state index in [1.807, 2.05) is 7.05 Å². The van der Waals surface area contributed by atoms with Crippen LogP contribution in [0.3, 0.4) is 0 Å². The van der Waals surface area contributed by atoms with Gasteiger partial charge in [-0.3, -0.25) is 9.89 Å². The summed E-state index contributed by atoms with van der Waals surface area (Å²) in [5.41, 5.74) is 2.39. The predicted octanol–water partition coefficient (Wildman–Crippen LogP) is 2.47. The minimum absolute atomic E-state index is 0.495. The smallest absolute Gasteiger partial charge is 0.191 e. The fourth-order valence-corrected chi connectivity index (χ4v) is 3.41. The summed E-state index contributed by atoms with van der Waals surface area (Å²) in [4.78, 5) is 9.19. The Bertz CT molecular complexity index is 619. The molecule has 6 nitrogen and oxygen atoms in total. The van der Waals surface area contributed by atoms with E-state index < -0.39 is 0 Å². The van der Waals surface area contributed by atoms with Gasteiger partial charge in [0.25, 0.3) is 0 Å². The Hall–Kier alpha value is -1.79. The molecule has 0 amide bonds. The third kappa shape index (κ3) is 7.32. The van der Waals surface area contributed by atoms with Crippen molar-refractivity contribution in [1.29, 1.82) is 0 Å². The molecule has 2 N–H and O–H groups in total. The maximum Gasteiger partial charge on any atom is 0.191 e. The van der Waals surface area contributed by atoms with Gasteiger partial charge in [0.05, 0.1) is 6.61 Å². The first-order valence-electron chi connectivity index (χ1n) is 10.6. The normalized spacial score (nSPS) is 18.9. The number of piperazine rings is 1. The summed E-state index contributed by atoms with van der Waals surface area (Å²) >= 11 is 0. The molecular formula is C22H39N5O. The Kier molecular flexibility index (Phi) is 9.58. The number of benzene rings is 1. The van der Waals surface area contributed by atoms with Gasteiger partial charge in [-0.05, 0) is 39.1 Å². The topological polar surface area (TPSA) is 52.1 Å². The molecule has 1 saturated heterocycles. The number of hydrogen-bond acceptors (Lipinski definition) is 4. The number of ether oxygens (including phenoxy) is 1. The highest BCUT2D eigenvalue weighted by Crippen LogP contribution is 2.20. The number of guanidine groups is 1. The number of unbranched alkanes of at least 4 members (excludes halogenated alkanes) is 2. The highest BCUT2D eigenvalue weighted by molar-refractivity contribution is 5.79. The summed E-state index contributed by atoms with van der Waals surface area (Å²) in [5.74, 6) is 1.81. The maximum atomic E-state index is 6.05. The zero-order chi connectivity index (χ0) is 20.4. The van der Waals surface area contributed by atoms with Crippen LogP contribution in [0.15, 0.2) is 23.2 Å². The molecule has 0 aliphatic carbocycles. The van der Waals surface area contributed by atoms with Crippen LogP contribution in [0.5, 0.6) is 5.75 Å². The summed E-state index contributed by atoms with van der Waals surface area (Å²) in [7, 11) is 6.21. The fourth-order valence-electron chi connectivity index (χ4n) is 3.41. The first-order valence-corrected chi connectivity index (χ1v) is 10.6. The van der Waals surface area contributed by atoms with Crippen LogP contribution in [0, 0.1) is 6.92 Å². The Balaban J connectivity index is 1.86. The SMILES string of the molecule is CCCCCOc1cc(C)ccc1CNC(=NC)NCC1CN(C)CCN1C. The minimum Gasteiger partial charge on any atom is -0.493 e. The van der Waals surface area contributed by atoms with Crippen molar-refractivity contribution in [3.05, 3.63) is 29.3 Å². The summed E-state index contributed by atoms with van der Waals surface area (Å²) in [6.07, 6.45) is 3.52. The predicted molar refractivity (Wildman–Crippen MR) is 118 cm³/mol. The van der Waals surface area contributed by atoms with Gasteiger partial charge in [-0.25, -0.2) is 0 Å². The van der Waals surface area contributed by atoms with Crippen molar-refractivity contribution in [1.82, 2.24) is 20.4 Å². The van der Waals surface area contributed by atoms with Gasteiger partial charge in [0, 0.05) is 51.4 Å². The van der Waals surface area contributed by atoms with Crippen LogP contribution >= 0.6 is 0 Å². The molecule has 1 aromatic carbocycles. The second-order valence-corrected chi connectivity index (χ2v) is 7.87. The van der Waals surface area contributed by atoms with Crippen LogP contribution < -0.4 is 15.4 Å². The molecule has 1 fully saturated rings. The van der Waals surface area contributed by atoms with Crippen molar-refractivity contribution in [2.45, 2.75) is 45.7 Å². The zero-order valence-corrected chi connectivity index (χ0v) is 18.4. The monoisotopic (exact) mass is 389 g/mol. The van der Waals surface area contributed by atoms with Gasteiger partial charge < -0.3 is 20.3 Å². The van der Waals surface area contributed by atoms with E-state index in [0.717, 1.165) is 50.9 Å². The first kappa shape index (κ1) is 22.5. The lowest BCUT2D eigenvalue weighted by atomic mass is 10.1. The van der Waals surface area contributed by atoms with Crippen LogP contribution in [0.2, 0.25) is 0 Å². The zero-order valence-electron chi connectivity index (χ0n) is 18.4. The van der Waals surface area contributed by atoms with Gasteiger partial charge in [0.15, 0.2) is 5.96 Å². The highest BCUT2D eigenvalue weighted by atomic mass is 16.5. The molecule has 0 spiro atoms. The molecule has 158 valence electrons. The lowest BCUT2D eigenvalue weighted by Gasteiger charge is -2.37. The molecule has 1 aliphatic rings. The molecule has 1 atom stereocenters. The second-order valence-electron chi connectivity index (χ2n) is 7.87. The van der Waals surface area contributed by atoms with Gasteiger partial charge >= 0.3 is 0 Å². The lowest BCUT2D eigenvalue weighted by molar-refractivity contribution is 0.116. The molecule has 6 heteroatoms. The van der Waals surface area contributed by atoms with Gasteiger partial charge in [-0.2, -0.15) is 0 Å². The number of nitrogens with one attached hydrogen (secondary N) is 2. The number of hydrogen-bond donors (Lipinski definition) is 2. The van der Waals surface area contributed by atoms with E-state index in [-0.39, 0.29) is 0 Å². The largest absolute Gasteiger partial charge is 0.493 e.